The minimum atomic E-state index is -0.311. The third kappa shape index (κ3) is 8.96. The molecule has 0 spiro atoms. The number of phenolic OH excluding ortho intramolecular Hbond substituents is 1. The zero-order chi connectivity index (χ0) is 25.6. The van der Waals surface area contributed by atoms with Crippen LogP contribution in [0.1, 0.15) is 52.9 Å². The van der Waals surface area contributed by atoms with Gasteiger partial charge >= 0.3 is 0 Å². The summed E-state index contributed by atoms with van der Waals surface area (Å²) >= 11 is 0. The van der Waals surface area contributed by atoms with Gasteiger partial charge in [-0.3, -0.25) is 4.99 Å². The summed E-state index contributed by atoms with van der Waals surface area (Å²) in [6.07, 6.45) is 12.2. The molecule has 1 aromatic heterocycles. The van der Waals surface area contributed by atoms with Crippen LogP contribution in [0.2, 0.25) is 0 Å². The van der Waals surface area contributed by atoms with Crippen LogP contribution in [-0.2, 0) is 0 Å². The van der Waals surface area contributed by atoms with Gasteiger partial charge in [-0.25, -0.2) is 14.4 Å². The quantitative estimate of drug-likeness (QED) is 0.178. The normalized spacial score (nSPS) is 11.4. The maximum atomic E-state index is 13.2. The second-order valence-electron chi connectivity index (χ2n) is 8.39. The predicted molar refractivity (Wildman–Crippen MR) is 147 cm³/mol. The van der Waals surface area contributed by atoms with Crippen LogP contribution in [0.3, 0.4) is 0 Å². The average molecular weight is 477 g/mol. The number of nitrogens with one attached hydrogen (secondary N) is 1. The summed E-state index contributed by atoms with van der Waals surface area (Å²) in [6.45, 7) is 10.9. The number of aromatic nitrogens is 2. The zero-order valence-electron chi connectivity index (χ0n) is 21.3. The molecule has 0 aliphatic rings. The van der Waals surface area contributed by atoms with Crippen molar-refractivity contribution in [2.45, 2.75) is 52.9 Å². The lowest BCUT2D eigenvalue weighted by molar-refractivity contribution is 0.480. The van der Waals surface area contributed by atoms with Crippen LogP contribution >= 0.6 is 0 Å². The number of benzene rings is 2. The van der Waals surface area contributed by atoms with Crippen molar-refractivity contribution in [2.75, 3.05) is 18.9 Å². The van der Waals surface area contributed by atoms with Crippen LogP contribution in [0.15, 0.2) is 72.0 Å². The van der Waals surface area contributed by atoms with Gasteiger partial charge in [0.25, 0.3) is 0 Å². The lowest BCUT2D eigenvalue weighted by Crippen LogP contribution is -2.05. The minimum Gasteiger partial charge on any atom is -0.506 e. The number of rotatable bonds is 10. The molecule has 6 heteroatoms. The van der Waals surface area contributed by atoms with Gasteiger partial charge in [-0.1, -0.05) is 70.7 Å². The number of phenols is 1. The molecule has 0 unspecified atom stereocenters. The molecule has 2 aromatic carbocycles. The Morgan fingerprint density at radius 2 is 1.71 bits per heavy atom. The molecule has 35 heavy (non-hydrogen) atoms. The minimum absolute atomic E-state index is 0.0378. The first-order valence-electron chi connectivity index (χ1n) is 12.2. The first-order chi connectivity index (χ1) is 16.9. The van der Waals surface area contributed by atoms with Crippen molar-refractivity contribution in [1.82, 2.24) is 9.97 Å². The molecule has 3 rings (SSSR count). The highest BCUT2D eigenvalue weighted by Gasteiger charge is 2.11. The summed E-state index contributed by atoms with van der Waals surface area (Å²) in [5.74, 6) is 0.310. The van der Waals surface area contributed by atoms with Crippen LogP contribution in [0.25, 0.3) is 22.0 Å². The topological polar surface area (TPSA) is 70.4 Å². The van der Waals surface area contributed by atoms with E-state index >= 15 is 0 Å². The van der Waals surface area contributed by atoms with E-state index < -0.39 is 0 Å². The highest BCUT2D eigenvalue weighted by atomic mass is 19.1. The second-order valence-corrected chi connectivity index (χ2v) is 8.39. The monoisotopic (exact) mass is 476 g/mol. The fourth-order valence-corrected chi connectivity index (χ4v) is 3.35. The molecule has 3 aromatic rings. The summed E-state index contributed by atoms with van der Waals surface area (Å²) in [4.78, 5) is 12.5. The molecule has 0 bridgehead atoms. The lowest BCUT2D eigenvalue weighted by atomic mass is 10.0. The number of hydrogen-bond acceptors (Lipinski definition) is 5. The van der Waals surface area contributed by atoms with Gasteiger partial charge in [0.1, 0.15) is 29.2 Å². The van der Waals surface area contributed by atoms with Crippen LogP contribution in [0, 0.1) is 5.82 Å². The number of aliphatic imine (C=N–C) groups is 1. The number of fused-ring (bicyclic) bond motifs is 1. The first-order valence-corrected chi connectivity index (χ1v) is 12.2. The third-order valence-corrected chi connectivity index (χ3v) is 5.50. The molecule has 186 valence electrons. The lowest BCUT2D eigenvalue weighted by Gasteiger charge is -2.11. The fraction of sp³-hybridized carbons (Fsp3) is 0.345. The molecule has 0 radical (unpaired) electrons. The van der Waals surface area contributed by atoms with Crippen LogP contribution in [0.5, 0.6) is 5.75 Å². The van der Waals surface area contributed by atoms with Crippen molar-refractivity contribution >= 4 is 22.4 Å². The Morgan fingerprint density at radius 1 is 1.03 bits per heavy atom. The van der Waals surface area contributed by atoms with Gasteiger partial charge in [0.05, 0.1) is 0 Å². The second kappa shape index (κ2) is 14.7. The number of unbranched alkanes of at least 4 members (excludes halogenated alkanes) is 4. The van der Waals surface area contributed by atoms with Crippen molar-refractivity contribution in [3.8, 4) is 16.9 Å². The van der Waals surface area contributed by atoms with E-state index in [1.165, 1.54) is 50.6 Å². The van der Waals surface area contributed by atoms with Gasteiger partial charge in [0, 0.05) is 24.7 Å². The van der Waals surface area contributed by atoms with E-state index in [4.69, 9.17) is 0 Å². The predicted octanol–water partition coefficient (Wildman–Crippen LogP) is 7.73. The van der Waals surface area contributed by atoms with Crippen LogP contribution < -0.4 is 5.32 Å². The molecule has 0 saturated carbocycles. The van der Waals surface area contributed by atoms with E-state index in [2.05, 4.69) is 40.7 Å². The van der Waals surface area contributed by atoms with Crippen molar-refractivity contribution in [3.63, 3.8) is 0 Å². The van der Waals surface area contributed by atoms with E-state index in [0.29, 0.717) is 23.3 Å². The fourth-order valence-electron chi connectivity index (χ4n) is 3.35. The molecule has 0 aliphatic heterocycles. The Morgan fingerprint density at radius 3 is 2.34 bits per heavy atom. The highest BCUT2D eigenvalue weighted by Crippen LogP contribution is 2.33. The standard InChI is InChI=1S/C22H21FN4O.C7H16/c1-14(4-5-15(2)24-3)12-25-22-19-10-17(16-6-8-18(23)9-7-16)11-20(28)21(19)26-13-27-22;1-3-5-7-6-4-2/h4-11,13,28H,1,12H2,2-3H3,(H,25,26,27);3-7H2,1-2H3/b5-4-,24-15?;. The SMILES string of the molecule is C=C(/C=C\C(C)=NC)CNc1ncnc2c(O)cc(-c3ccc(F)cc3)cc12.CCCCCCC. The van der Waals surface area contributed by atoms with Gasteiger partial charge in [0.15, 0.2) is 0 Å². The van der Waals surface area contributed by atoms with E-state index in [0.717, 1.165) is 22.4 Å². The van der Waals surface area contributed by atoms with Crippen molar-refractivity contribution in [3.05, 3.63) is 72.8 Å². The summed E-state index contributed by atoms with van der Waals surface area (Å²) in [5.41, 5.74) is 3.74. The molecular weight excluding hydrogens is 439 g/mol. The maximum absolute atomic E-state index is 13.2. The number of nitrogens with zero attached hydrogens (tertiary/aromatic N) is 3. The highest BCUT2D eigenvalue weighted by molar-refractivity contribution is 5.96. The molecule has 0 amide bonds. The van der Waals surface area contributed by atoms with E-state index in [1.807, 2.05) is 25.1 Å². The Bertz CT molecular complexity index is 1150. The molecular formula is C29H37FN4O. The summed E-state index contributed by atoms with van der Waals surface area (Å²) < 4.78 is 13.2. The number of anilines is 1. The van der Waals surface area contributed by atoms with Crippen LogP contribution in [-0.4, -0.2) is 34.4 Å². The molecule has 0 aliphatic carbocycles. The van der Waals surface area contributed by atoms with Gasteiger partial charge in [-0.05, 0) is 54.0 Å². The average Bonchev–Trinajstić information content (AvgIpc) is 2.87. The maximum Gasteiger partial charge on any atom is 0.142 e. The molecule has 5 nitrogen and oxygen atoms in total. The van der Waals surface area contributed by atoms with Gasteiger partial charge in [-0.2, -0.15) is 0 Å². The van der Waals surface area contributed by atoms with Gasteiger partial charge in [0.2, 0.25) is 0 Å². The summed E-state index contributed by atoms with van der Waals surface area (Å²) in [5, 5.41) is 14.3. The van der Waals surface area contributed by atoms with Crippen molar-refractivity contribution < 1.29 is 9.50 Å². The van der Waals surface area contributed by atoms with Crippen molar-refractivity contribution in [1.29, 1.82) is 0 Å². The Labute approximate surface area is 208 Å². The summed E-state index contributed by atoms with van der Waals surface area (Å²) in [6, 6.07) is 9.58. The number of halogens is 1. The molecule has 0 saturated heterocycles. The van der Waals surface area contributed by atoms with Crippen LogP contribution in [0.4, 0.5) is 10.2 Å². The molecule has 2 N–H and O–H groups in total. The van der Waals surface area contributed by atoms with Crippen molar-refractivity contribution in [2.24, 2.45) is 4.99 Å². The molecule has 1 heterocycles. The Kier molecular flexibility index (Phi) is 11.6. The number of allylic oxidation sites excluding steroid dienone is 1. The number of aromatic hydroxyl groups is 1. The van der Waals surface area contributed by atoms with E-state index in [1.54, 1.807) is 25.2 Å². The van der Waals surface area contributed by atoms with E-state index in [-0.39, 0.29) is 11.6 Å². The summed E-state index contributed by atoms with van der Waals surface area (Å²) in [7, 11) is 1.74. The zero-order valence-corrected chi connectivity index (χ0v) is 21.3. The largest absolute Gasteiger partial charge is 0.506 e. The Balaban J connectivity index is 0.000000540. The molecule has 0 fully saturated rings. The number of hydrogen-bond donors (Lipinski definition) is 2. The smallest absolute Gasteiger partial charge is 0.142 e. The van der Waals surface area contributed by atoms with E-state index in [9.17, 15) is 9.50 Å². The third-order valence-electron chi connectivity index (χ3n) is 5.50. The molecule has 0 atom stereocenters. The van der Waals surface area contributed by atoms with Gasteiger partial charge in [-0.15, -0.1) is 0 Å². The first kappa shape index (κ1) is 27.7. The Hall–Kier alpha value is -3.54. The van der Waals surface area contributed by atoms with Gasteiger partial charge < -0.3 is 10.4 Å².